The average molecular weight is 485 g/mol. The van der Waals surface area contributed by atoms with Gasteiger partial charge >= 0.3 is 0 Å². The number of ether oxygens (including phenoxy) is 3. The van der Waals surface area contributed by atoms with Crippen molar-refractivity contribution >= 4 is 17.2 Å². The van der Waals surface area contributed by atoms with Gasteiger partial charge in [-0.25, -0.2) is 9.67 Å². The first-order valence-corrected chi connectivity index (χ1v) is 12.1. The highest BCUT2D eigenvalue weighted by molar-refractivity contribution is 7.11. The molecule has 0 aliphatic carbocycles. The van der Waals surface area contributed by atoms with Crippen LogP contribution in [0.5, 0.6) is 11.5 Å². The van der Waals surface area contributed by atoms with Crippen LogP contribution in [0.25, 0.3) is 0 Å². The largest absolute Gasteiger partial charge is 0.493 e. The third kappa shape index (κ3) is 4.91. The number of amides is 1. The van der Waals surface area contributed by atoms with Gasteiger partial charge in [-0.2, -0.15) is 0 Å². The highest BCUT2D eigenvalue weighted by Crippen LogP contribution is 2.29. The van der Waals surface area contributed by atoms with E-state index < -0.39 is 0 Å². The van der Waals surface area contributed by atoms with Crippen molar-refractivity contribution in [2.75, 3.05) is 26.8 Å². The number of aryl methyl sites for hydroxylation is 2. The van der Waals surface area contributed by atoms with Gasteiger partial charge < -0.3 is 19.5 Å². The molecule has 180 valence electrons. The van der Waals surface area contributed by atoms with Crippen molar-refractivity contribution in [3.63, 3.8) is 0 Å². The van der Waals surface area contributed by atoms with Gasteiger partial charge in [-0.05, 0) is 32.0 Å². The first kappa shape index (κ1) is 22.8. The van der Waals surface area contributed by atoms with Crippen LogP contribution < -0.4 is 14.8 Å². The minimum atomic E-state index is -0.178. The minimum Gasteiger partial charge on any atom is -0.493 e. The van der Waals surface area contributed by atoms with Crippen molar-refractivity contribution in [2.45, 2.75) is 45.7 Å². The molecule has 2 aromatic heterocycles. The average Bonchev–Trinajstić information content (AvgIpc) is 3.51. The zero-order chi connectivity index (χ0) is 23.7. The molecule has 0 saturated carbocycles. The number of nitrogens with one attached hydrogen (secondary N) is 1. The molecule has 4 heterocycles. The van der Waals surface area contributed by atoms with E-state index in [1.54, 1.807) is 41.3 Å². The Morgan fingerprint density at radius 1 is 1.29 bits per heavy atom. The monoisotopic (exact) mass is 484 g/mol. The molecule has 3 aromatic rings. The molecule has 2 aliphatic heterocycles. The van der Waals surface area contributed by atoms with Gasteiger partial charge in [0.05, 0.1) is 49.3 Å². The Balaban J connectivity index is 1.40. The fourth-order valence-electron chi connectivity index (χ4n) is 4.35. The van der Waals surface area contributed by atoms with Crippen LogP contribution >= 0.6 is 11.3 Å². The maximum Gasteiger partial charge on any atom is 0.251 e. The van der Waals surface area contributed by atoms with Gasteiger partial charge in [0.15, 0.2) is 11.5 Å². The summed E-state index contributed by atoms with van der Waals surface area (Å²) in [4.78, 5) is 21.3. The molecule has 11 heteroatoms. The number of nitrogens with zero attached hydrogens (tertiary/aromatic N) is 5. The van der Waals surface area contributed by atoms with Crippen LogP contribution in [0.3, 0.4) is 0 Å². The Kier molecular flexibility index (Phi) is 6.48. The van der Waals surface area contributed by atoms with Gasteiger partial charge in [-0.15, -0.1) is 16.4 Å². The molecule has 4 bridgehead atoms. The molecule has 1 aromatic carbocycles. The zero-order valence-electron chi connectivity index (χ0n) is 19.5. The van der Waals surface area contributed by atoms with E-state index in [0.29, 0.717) is 49.9 Å². The Labute approximate surface area is 201 Å². The topological polar surface area (TPSA) is 104 Å². The van der Waals surface area contributed by atoms with Gasteiger partial charge in [0, 0.05) is 30.1 Å². The maximum absolute atomic E-state index is 13.2. The quantitative estimate of drug-likeness (QED) is 0.602. The van der Waals surface area contributed by atoms with Gasteiger partial charge in [0.25, 0.3) is 5.91 Å². The lowest BCUT2D eigenvalue weighted by molar-refractivity contribution is 0.0294. The number of rotatable bonds is 3. The summed E-state index contributed by atoms with van der Waals surface area (Å²) in [5.74, 6) is 0.919. The Hall–Kier alpha value is -3.02. The molecule has 5 rings (SSSR count). The standard InChI is InChI=1S/C23H28N6O4S/c1-14-22(34-15(2)24-14)12-28-10-18-21(11-28)33-13-17-9-29(27-26-17)6-7-32-20-8-16(23(30)25-18)4-5-19(20)31-3/h4-5,8-9,18,21H,6-7,10-13H2,1-3H3,(H,25,30)/t18-,21-/m0/s1. The molecule has 0 unspecified atom stereocenters. The Morgan fingerprint density at radius 2 is 2.18 bits per heavy atom. The van der Waals surface area contributed by atoms with Crippen molar-refractivity contribution in [2.24, 2.45) is 0 Å². The van der Waals surface area contributed by atoms with E-state index in [4.69, 9.17) is 14.2 Å². The summed E-state index contributed by atoms with van der Waals surface area (Å²) in [6.45, 7) is 7.42. The number of likely N-dealkylation sites (tertiary alicyclic amines) is 1. The van der Waals surface area contributed by atoms with Crippen molar-refractivity contribution in [1.82, 2.24) is 30.2 Å². The number of hydrogen-bond donors (Lipinski definition) is 1. The Bertz CT molecular complexity index is 1180. The summed E-state index contributed by atoms with van der Waals surface area (Å²) < 4.78 is 19.3. The number of carbonyl (C=O) groups excluding carboxylic acids is 1. The summed E-state index contributed by atoms with van der Waals surface area (Å²) in [6.07, 6.45) is 1.68. The van der Waals surface area contributed by atoms with Crippen LogP contribution in [0.2, 0.25) is 0 Å². The van der Waals surface area contributed by atoms with Gasteiger partial charge in [0.1, 0.15) is 12.3 Å². The number of thiazole rings is 1. The smallest absolute Gasteiger partial charge is 0.251 e. The summed E-state index contributed by atoms with van der Waals surface area (Å²) in [5, 5.41) is 12.6. The first-order valence-electron chi connectivity index (χ1n) is 11.3. The summed E-state index contributed by atoms with van der Waals surface area (Å²) in [5.41, 5.74) is 2.31. The molecular weight excluding hydrogens is 456 g/mol. The molecule has 2 atom stereocenters. The molecule has 0 spiro atoms. The highest BCUT2D eigenvalue weighted by atomic mass is 32.1. The first-order chi connectivity index (χ1) is 16.5. The molecule has 1 amide bonds. The highest BCUT2D eigenvalue weighted by Gasteiger charge is 2.35. The summed E-state index contributed by atoms with van der Waals surface area (Å²) in [7, 11) is 1.58. The molecule has 1 saturated heterocycles. The summed E-state index contributed by atoms with van der Waals surface area (Å²) in [6, 6.07) is 5.04. The van der Waals surface area contributed by atoms with E-state index >= 15 is 0 Å². The van der Waals surface area contributed by atoms with Gasteiger partial charge in [-0.1, -0.05) is 5.21 Å². The predicted octanol–water partition coefficient (Wildman–Crippen LogP) is 1.95. The van der Waals surface area contributed by atoms with E-state index in [1.807, 2.05) is 20.0 Å². The van der Waals surface area contributed by atoms with Crippen LogP contribution in [0.4, 0.5) is 0 Å². The normalized spacial score (nSPS) is 21.2. The lowest BCUT2D eigenvalue weighted by Crippen LogP contribution is -2.44. The minimum absolute atomic E-state index is 0.170. The second-order valence-corrected chi connectivity index (χ2v) is 9.84. The number of fused-ring (bicyclic) bond motifs is 5. The molecule has 34 heavy (non-hydrogen) atoms. The molecule has 2 aliphatic rings. The molecule has 0 radical (unpaired) electrons. The van der Waals surface area contributed by atoms with Crippen molar-refractivity contribution in [1.29, 1.82) is 0 Å². The van der Waals surface area contributed by atoms with Crippen molar-refractivity contribution < 1.29 is 19.0 Å². The van der Waals surface area contributed by atoms with E-state index in [2.05, 4.69) is 25.5 Å². The Morgan fingerprint density at radius 3 is 2.97 bits per heavy atom. The number of carbonyl (C=O) groups is 1. The zero-order valence-corrected chi connectivity index (χ0v) is 20.3. The lowest BCUT2D eigenvalue weighted by Gasteiger charge is -2.20. The number of benzene rings is 1. The lowest BCUT2D eigenvalue weighted by atomic mass is 10.1. The van der Waals surface area contributed by atoms with Crippen LogP contribution in [0, 0.1) is 13.8 Å². The van der Waals surface area contributed by atoms with Crippen molar-refractivity contribution in [3.8, 4) is 11.5 Å². The second-order valence-electron chi connectivity index (χ2n) is 8.55. The predicted molar refractivity (Wildman–Crippen MR) is 125 cm³/mol. The van der Waals surface area contributed by atoms with E-state index in [-0.39, 0.29) is 18.1 Å². The van der Waals surface area contributed by atoms with E-state index in [0.717, 1.165) is 22.9 Å². The number of aromatic nitrogens is 4. The number of methoxy groups -OCH3 is 1. The fourth-order valence-corrected chi connectivity index (χ4v) is 5.33. The molecule has 1 fully saturated rings. The SMILES string of the molecule is COc1ccc2cc1OCCn1cc(nn1)CO[C@H]1CN(Cc3sc(C)nc3C)C[C@@H]1NC2=O. The van der Waals surface area contributed by atoms with E-state index in [1.165, 1.54) is 4.88 Å². The molecule has 10 nitrogen and oxygen atoms in total. The van der Waals surface area contributed by atoms with Crippen molar-refractivity contribution in [3.05, 3.63) is 51.2 Å². The second kappa shape index (κ2) is 9.69. The third-order valence-electron chi connectivity index (χ3n) is 6.06. The number of hydrogen-bond acceptors (Lipinski definition) is 9. The van der Waals surface area contributed by atoms with Crippen LogP contribution in [-0.2, 0) is 24.4 Å². The third-order valence-corrected chi connectivity index (χ3v) is 7.12. The fraction of sp³-hybridized carbons (Fsp3) is 0.478. The van der Waals surface area contributed by atoms with Crippen LogP contribution in [-0.4, -0.2) is 69.7 Å². The maximum atomic E-state index is 13.2. The summed E-state index contributed by atoms with van der Waals surface area (Å²) >= 11 is 1.71. The van der Waals surface area contributed by atoms with E-state index in [9.17, 15) is 4.79 Å². The van der Waals surface area contributed by atoms with Crippen LogP contribution in [0.15, 0.2) is 24.4 Å². The van der Waals surface area contributed by atoms with Crippen LogP contribution in [0.1, 0.15) is 31.6 Å². The van der Waals surface area contributed by atoms with Gasteiger partial charge in [0.2, 0.25) is 0 Å². The van der Waals surface area contributed by atoms with Gasteiger partial charge in [-0.3, -0.25) is 9.69 Å². The molecule has 1 N–H and O–H groups in total. The molecular formula is C23H28N6O4S.